The zero-order valence-electron chi connectivity index (χ0n) is 11.7. The van der Waals surface area contributed by atoms with Crippen molar-refractivity contribution in [3.8, 4) is 0 Å². The lowest BCUT2D eigenvalue weighted by Crippen LogP contribution is -2.45. The highest BCUT2D eigenvalue weighted by Crippen LogP contribution is 2.08. The monoisotopic (exact) mass is 276 g/mol. The van der Waals surface area contributed by atoms with Crippen molar-refractivity contribution in [3.05, 3.63) is 35.9 Å². The number of benzene rings is 1. The van der Waals surface area contributed by atoms with Crippen LogP contribution in [0.1, 0.15) is 25.3 Å². The Balaban J connectivity index is 1.73. The summed E-state index contributed by atoms with van der Waals surface area (Å²) in [7, 11) is 0. The van der Waals surface area contributed by atoms with E-state index >= 15 is 0 Å². The third-order valence-corrected chi connectivity index (χ3v) is 3.11. The Kier molecular flexibility index (Phi) is 5.55. The molecule has 1 aromatic rings. The third kappa shape index (κ3) is 4.35. The van der Waals surface area contributed by atoms with Crippen LogP contribution in [-0.2, 0) is 21.0 Å². The summed E-state index contributed by atoms with van der Waals surface area (Å²) in [5.41, 5.74) is 2.02. The number of carbonyl (C=O) groups excluding carboxylic acids is 1. The Labute approximate surface area is 118 Å². The molecule has 1 aliphatic rings. The fourth-order valence-electron chi connectivity index (χ4n) is 2.04. The smallest absolute Gasteiger partial charge is 0.323 e. The van der Waals surface area contributed by atoms with Crippen LogP contribution in [0.15, 0.2) is 35.5 Å². The van der Waals surface area contributed by atoms with Crippen molar-refractivity contribution in [2.24, 2.45) is 5.16 Å². The lowest BCUT2D eigenvalue weighted by molar-refractivity contribution is -0.145. The van der Waals surface area contributed by atoms with Gasteiger partial charge in [0, 0.05) is 6.54 Å². The van der Waals surface area contributed by atoms with Gasteiger partial charge in [-0.25, -0.2) is 0 Å². The highest BCUT2D eigenvalue weighted by molar-refractivity contribution is 5.89. The Morgan fingerprint density at radius 2 is 2.20 bits per heavy atom. The summed E-state index contributed by atoms with van der Waals surface area (Å²) < 4.78 is 4.98. The number of nitrogens with zero attached hydrogens (tertiary/aromatic N) is 1. The van der Waals surface area contributed by atoms with Gasteiger partial charge in [-0.05, 0) is 25.3 Å². The van der Waals surface area contributed by atoms with Crippen LogP contribution in [0.4, 0.5) is 0 Å². The predicted molar refractivity (Wildman–Crippen MR) is 76.3 cm³/mol. The van der Waals surface area contributed by atoms with Crippen molar-refractivity contribution in [2.45, 2.75) is 32.4 Å². The predicted octanol–water partition coefficient (Wildman–Crippen LogP) is 1.87. The van der Waals surface area contributed by atoms with E-state index in [0.29, 0.717) is 26.2 Å². The fourth-order valence-corrected chi connectivity index (χ4v) is 2.04. The molecule has 0 unspecified atom stereocenters. The molecule has 2 rings (SSSR count). The number of hydrogen-bond donors (Lipinski definition) is 1. The van der Waals surface area contributed by atoms with Gasteiger partial charge in [-0.2, -0.15) is 0 Å². The average Bonchev–Trinajstić information content (AvgIpc) is 2.49. The Morgan fingerprint density at radius 3 is 2.85 bits per heavy atom. The first-order valence-electron chi connectivity index (χ1n) is 6.91. The molecular formula is C15H20N2O3. The van der Waals surface area contributed by atoms with Gasteiger partial charge in [-0.1, -0.05) is 35.5 Å². The molecule has 1 fully saturated rings. The molecule has 1 saturated heterocycles. The summed E-state index contributed by atoms with van der Waals surface area (Å²) in [5, 5.41) is 7.24. The van der Waals surface area contributed by atoms with Gasteiger partial charge in [0.25, 0.3) is 0 Å². The number of esters is 1. The summed E-state index contributed by atoms with van der Waals surface area (Å²) >= 11 is 0. The number of ether oxygens (including phenoxy) is 1. The van der Waals surface area contributed by atoms with E-state index < -0.39 is 0 Å². The van der Waals surface area contributed by atoms with Gasteiger partial charge in [0.05, 0.1) is 12.3 Å². The van der Waals surface area contributed by atoms with Gasteiger partial charge in [-0.15, -0.1) is 0 Å². The molecule has 0 spiro atoms. The molecule has 1 aromatic carbocycles. The van der Waals surface area contributed by atoms with E-state index in [1.165, 1.54) is 0 Å². The summed E-state index contributed by atoms with van der Waals surface area (Å²) in [5.74, 6) is -0.184. The van der Waals surface area contributed by atoms with E-state index in [2.05, 4.69) is 10.5 Å². The Morgan fingerprint density at radius 1 is 1.40 bits per heavy atom. The van der Waals surface area contributed by atoms with E-state index in [-0.39, 0.29) is 12.0 Å². The molecule has 1 aliphatic heterocycles. The van der Waals surface area contributed by atoms with Crippen molar-refractivity contribution in [3.63, 3.8) is 0 Å². The quantitative estimate of drug-likeness (QED) is 0.659. The second-order valence-corrected chi connectivity index (χ2v) is 4.64. The van der Waals surface area contributed by atoms with E-state index in [0.717, 1.165) is 17.7 Å². The molecule has 0 radical (unpaired) electrons. The number of piperidine rings is 1. The van der Waals surface area contributed by atoms with Crippen LogP contribution >= 0.6 is 0 Å². The van der Waals surface area contributed by atoms with Crippen LogP contribution in [-0.4, -0.2) is 30.9 Å². The SMILES string of the molecule is CCOC(=O)[C@H]1CC/C(=N/OCc2ccccc2)CN1. The maximum Gasteiger partial charge on any atom is 0.323 e. The van der Waals surface area contributed by atoms with E-state index in [4.69, 9.17) is 9.57 Å². The van der Waals surface area contributed by atoms with Crippen LogP contribution in [0, 0.1) is 0 Å². The molecule has 108 valence electrons. The van der Waals surface area contributed by atoms with Crippen LogP contribution in [0.3, 0.4) is 0 Å². The second-order valence-electron chi connectivity index (χ2n) is 4.64. The second kappa shape index (κ2) is 7.65. The zero-order valence-corrected chi connectivity index (χ0v) is 11.7. The summed E-state index contributed by atoms with van der Waals surface area (Å²) in [6, 6.07) is 9.68. The number of nitrogens with one attached hydrogen (secondary N) is 1. The van der Waals surface area contributed by atoms with Crippen LogP contribution in [0.5, 0.6) is 0 Å². The number of rotatable bonds is 5. The molecule has 5 nitrogen and oxygen atoms in total. The molecule has 1 atom stereocenters. The number of oxime groups is 1. The van der Waals surface area contributed by atoms with Crippen LogP contribution < -0.4 is 5.32 Å². The summed E-state index contributed by atoms with van der Waals surface area (Å²) in [6.45, 7) is 3.26. The van der Waals surface area contributed by atoms with Crippen molar-refractivity contribution in [1.29, 1.82) is 0 Å². The van der Waals surface area contributed by atoms with Gasteiger partial charge < -0.3 is 9.57 Å². The maximum absolute atomic E-state index is 11.5. The highest BCUT2D eigenvalue weighted by atomic mass is 16.6. The number of carbonyl (C=O) groups is 1. The molecule has 0 bridgehead atoms. The van der Waals surface area contributed by atoms with Crippen LogP contribution in [0.2, 0.25) is 0 Å². The Bertz CT molecular complexity index is 449. The van der Waals surface area contributed by atoms with Gasteiger partial charge in [0.15, 0.2) is 0 Å². The molecule has 20 heavy (non-hydrogen) atoms. The van der Waals surface area contributed by atoms with E-state index in [1.807, 2.05) is 37.3 Å². The molecule has 1 N–H and O–H groups in total. The molecule has 0 aliphatic carbocycles. The minimum atomic E-state index is -0.219. The van der Waals surface area contributed by atoms with E-state index in [9.17, 15) is 4.79 Å². The minimum absolute atomic E-state index is 0.184. The van der Waals surface area contributed by atoms with Crippen molar-refractivity contribution < 1.29 is 14.4 Å². The topological polar surface area (TPSA) is 59.9 Å². The Hall–Kier alpha value is -1.88. The van der Waals surface area contributed by atoms with Crippen molar-refractivity contribution >= 4 is 11.7 Å². The normalized spacial score (nSPS) is 20.6. The largest absolute Gasteiger partial charge is 0.465 e. The zero-order chi connectivity index (χ0) is 14.2. The molecular weight excluding hydrogens is 256 g/mol. The van der Waals surface area contributed by atoms with Gasteiger partial charge >= 0.3 is 5.97 Å². The standard InChI is InChI=1S/C15H20N2O3/c1-2-19-15(18)14-9-8-13(10-16-14)17-20-11-12-6-4-3-5-7-12/h3-7,14,16H,2,8-11H2,1H3/b17-13-/t14-/m1/s1. The van der Waals surface area contributed by atoms with Crippen LogP contribution in [0.25, 0.3) is 0 Å². The lowest BCUT2D eigenvalue weighted by atomic mass is 10.0. The third-order valence-electron chi connectivity index (χ3n) is 3.11. The maximum atomic E-state index is 11.5. The first-order valence-corrected chi connectivity index (χ1v) is 6.91. The first-order chi connectivity index (χ1) is 9.79. The fraction of sp³-hybridized carbons (Fsp3) is 0.467. The van der Waals surface area contributed by atoms with Gasteiger partial charge in [0.2, 0.25) is 0 Å². The summed E-state index contributed by atoms with van der Waals surface area (Å²) in [4.78, 5) is 16.9. The minimum Gasteiger partial charge on any atom is -0.465 e. The molecule has 0 amide bonds. The molecule has 5 heteroatoms. The van der Waals surface area contributed by atoms with Crippen molar-refractivity contribution in [1.82, 2.24) is 5.32 Å². The van der Waals surface area contributed by atoms with Crippen molar-refractivity contribution in [2.75, 3.05) is 13.2 Å². The van der Waals surface area contributed by atoms with E-state index in [1.54, 1.807) is 0 Å². The first kappa shape index (κ1) is 14.5. The van der Waals surface area contributed by atoms with Gasteiger partial charge in [0.1, 0.15) is 12.6 Å². The van der Waals surface area contributed by atoms with Gasteiger partial charge in [-0.3, -0.25) is 10.1 Å². The number of hydrogen-bond acceptors (Lipinski definition) is 5. The molecule has 0 saturated carbocycles. The average molecular weight is 276 g/mol. The molecule has 1 heterocycles. The molecule has 0 aromatic heterocycles. The highest BCUT2D eigenvalue weighted by Gasteiger charge is 2.24. The lowest BCUT2D eigenvalue weighted by Gasteiger charge is -2.22. The summed E-state index contributed by atoms with van der Waals surface area (Å²) in [6.07, 6.45) is 1.46.